The summed E-state index contributed by atoms with van der Waals surface area (Å²) in [6.07, 6.45) is 1.16. The first-order valence-electron chi connectivity index (χ1n) is 6.35. The summed E-state index contributed by atoms with van der Waals surface area (Å²) in [7, 11) is 1.59. The number of methoxy groups -OCH3 is 1. The van der Waals surface area contributed by atoms with Crippen LogP contribution in [-0.4, -0.2) is 39.3 Å². The number of ether oxygens (including phenoxy) is 1. The predicted molar refractivity (Wildman–Crippen MR) is 77.6 cm³/mol. The molecule has 7 nitrogen and oxygen atoms in total. The van der Waals surface area contributed by atoms with Gasteiger partial charge in [-0.05, 0) is 23.8 Å². The maximum atomic E-state index is 11.0. The quantitative estimate of drug-likeness (QED) is 0.424. The molecule has 0 saturated carbocycles. The maximum absolute atomic E-state index is 11.0. The largest absolute Gasteiger partial charge is 0.505 e. The fourth-order valence-corrected chi connectivity index (χ4v) is 1.81. The van der Waals surface area contributed by atoms with Crippen molar-refractivity contribution in [2.75, 3.05) is 7.11 Å². The van der Waals surface area contributed by atoms with Crippen molar-refractivity contribution in [1.82, 2.24) is 10.2 Å². The van der Waals surface area contributed by atoms with Crippen molar-refractivity contribution >= 4 is 17.5 Å². The molecule has 0 radical (unpaired) electrons. The number of rotatable bonds is 6. The maximum Gasteiger partial charge on any atom is 0.376 e. The van der Waals surface area contributed by atoms with Crippen LogP contribution in [0.15, 0.2) is 36.4 Å². The minimum atomic E-state index is -1.64. The Hall–Kier alpha value is -3.09. The van der Waals surface area contributed by atoms with E-state index in [1.165, 1.54) is 0 Å². The van der Waals surface area contributed by atoms with E-state index in [0.717, 1.165) is 11.3 Å². The number of carbonyl (C=O) groups is 2. The van der Waals surface area contributed by atoms with Crippen LogP contribution in [0.2, 0.25) is 0 Å². The molecule has 0 spiro atoms. The second-order valence-electron chi connectivity index (χ2n) is 4.50. The van der Waals surface area contributed by atoms with E-state index in [9.17, 15) is 14.7 Å². The number of aliphatic hydroxyl groups is 1. The van der Waals surface area contributed by atoms with E-state index < -0.39 is 17.5 Å². The van der Waals surface area contributed by atoms with Crippen LogP contribution in [0.25, 0.3) is 5.76 Å². The van der Waals surface area contributed by atoms with Crippen molar-refractivity contribution in [2.45, 2.75) is 6.42 Å². The number of aliphatic carboxylic acids is 1. The smallest absolute Gasteiger partial charge is 0.376 e. The van der Waals surface area contributed by atoms with Gasteiger partial charge in [-0.2, -0.15) is 5.10 Å². The molecular formula is C15H14N2O5. The second-order valence-corrected chi connectivity index (χ2v) is 4.50. The topological polar surface area (TPSA) is 113 Å². The lowest BCUT2D eigenvalue weighted by atomic mass is 10.1. The van der Waals surface area contributed by atoms with Gasteiger partial charge in [0.25, 0.3) is 5.78 Å². The summed E-state index contributed by atoms with van der Waals surface area (Å²) in [5, 5.41) is 24.7. The van der Waals surface area contributed by atoms with Gasteiger partial charge in [0.1, 0.15) is 17.2 Å². The molecule has 0 amide bonds. The normalized spacial score (nSPS) is 11.2. The third-order valence-electron chi connectivity index (χ3n) is 2.93. The van der Waals surface area contributed by atoms with Gasteiger partial charge in [-0.25, -0.2) is 4.79 Å². The van der Waals surface area contributed by atoms with Crippen LogP contribution in [0.4, 0.5) is 0 Å². The number of aromatic amines is 1. The van der Waals surface area contributed by atoms with Gasteiger partial charge >= 0.3 is 5.97 Å². The van der Waals surface area contributed by atoms with Crippen LogP contribution in [0.1, 0.15) is 17.0 Å². The molecule has 1 heterocycles. The van der Waals surface area contributed by atoms with Gasteiger partial charge < -0.3 is 14.9 Å². The molecule has 0 saturated heterocycles. The summed E-state index contributed by atoms with van der Waals surface area (Å²) >= 11 is 0. The van der Waals surface area contributed by atoms with Gasteiger partial charge in [0.2, 0.25) is 0 Å². The Morgan fingerprint density at radius 1 is 1.27 bits per heavy atom. The van der Waals surface area contributed by atoms with E-state index >= 15 is 0 Å². The molecule has 2 rings (SSSR count). The molecule has 22 heavy (non-hydrogen) atoms. The van der Waals surface area contributed by atoms with Gasteiger partial charge in [0.15, 0.2) is 0 Å². The molecular weight excluding hydrogens is 288 g/mol. The third-order valence-corrected chi connectivity index (χ3v) is 2.93. The molecule has 0 aliphatic heterocycles. The highest BCUT2D eigenvalue weighted by Crippen LogP contribution is 2.16. The summed E-state index contributed by atoms with van der Waals surface area (Å²) in [5.74, 6) is -2.59. The van der Waals surface area contributed by atoms with Crippen LogP contribution < -0.4 is 4.74 Å². The average Bonchev–Trinajstić information content (AvgIpc) is 2.96. The number of ketones is 1. The van der Waals surface area contributed by atoms with E-state index in [4.69, 9.17) is 9.84 Å². The lowest BCUT2D eigenvalue weighted by Gasteiger charge is -2.01. The Kier molecular flexibility index (Phi) is 4.57. The zero-order valence-corrected chi connectivity index (χ0v) is 11.7. The molecule has 0 aliphatic rings. The molecule has 0 bridgehead atoms. The number of aliphatic hydroxyl groups excluding tert-OH is 1. The van der Waals surface area contributed by atoms with Crippen LogP contribution in [0.3, 0.4) is 0 Å². The van der Waals surface area contributed by atoms with E-state index in [1.54, 1.807) is 13.2 Å². The van der Waals surface area contributed by atoms with Crippen molar-refractivity contribution in [3.8, 4) is 5.75 Å². The monoisotopic (exact) mass is 302 g/mol. The number of carbonyl (C=O) groups excluding carboxylic acids is 1. The SMILES string of the molecule is COc1ccc(Cc2cc(C(O)=CC(=O)C(=O)O)n[nH]2)cc1. The van der Waals surface area contributed by atoms with Crippen LogP contribution in [0, 0.1) is 0 Å². The summed E-state index contributed by atoms with van der Waals surface area (Å²) in [5.41, 5.74) is 1.82. The van der Waals surface area contributed by atoms with Gasteiger partial charge in [0.05, 0.1) is 7.11 Å². The first kappa shape index (κ1) is 15.3. The Morgan fingerprint density at radius 2 is 1.95 bits per heavy atom. The number of nitrogens with one attached hydrogen (secondary N) is 1. The Morgan fingerprint density at radius 3 is 2.55 bits per heavy atom. The van der Waals surface area contributed by atoms with Gasteiger partial charge in [-0.3, -0.25) is 9.89 Å². The number of carboxylic acid groups (broad SMARTS) is 1. The average molecular weight is 302 g/mol. The molecule has 2 aromatic rings. The van der Waals surface area contributed by atoms with Crippen molar-refractivity contribution in [1.29, 1.82) is 0 Å². The van der Waals surface area contributed by atoms with Crippen molar-refractivity contribution in [3.63, 3.8) is 0 Å². The van der Waals surface area contributed by atoms with Crippen LogP contribution in [-0.2, 0) is 16.0 Å². The number of carboxylic acids is 1. The third kappa shape index (κ3) is 3.72. The zero-order chi connectivity index (χ0) is 16.1. The summed E-state index contributed by atoms with van der Waals surface area (Å²) in [4.78, 5) is 21.4. The Labute approximate surface area is 125 Å². The summed E-state index contributed by atoms with van der Waals surface area (Å²) in [6.45, 7) is 0. The number of aromatic nitrogens is 2. The van der Waals surface area contributed by atoms with Crippen molar-refractivity contribution in [2.24, 2.45) is 0 Å². The number of H-pyrrole nitrogens is 1. The number of nitrogens with zero attached hydrogens (tertiary/aromatic N) is 1. The van der Waals surface area contributed by atoms with E-state index in [1.807, 2.05) is 24.3 Å². The Bertz CT molecular complexity index is 716. The first-order valence-corrected chi connectivity index (χ1v) is 6.35. The molecule has 7 heteroatoms. The standard InChI is InChI=1S/C15H14N2O5/c1-22-11-4-2-9(3-5-11)6-10-7-12(17-16-10)13(18)8-14(19)15(20)21/h2-5,7-8,18H,6H2,1H3,(H,16,17)(H,20,21). The molecule has 114 valence electrons. The van der Waals surface area contributed by atoms with Crippen molar-refractivity contribution in [3.05, 3.63) is 53.4 Å². The van der Waals surface area contributed by atoms with Gasteiger partial charge in [0, 0.05) is 18.2 Å². The lowest BCUT2D eigenvalue weighted by Crippen LogP contribution is -2.09. The van der Waals surface area contributed by atoms with Crippen LogP contribution >= 0.6 is 0 Å². The first-order chi connectivity index (χ1) is 10.5. The van der Waals surface area contributed by atoms with Crippen LogP contribution in [0.5, 0.6) is 5.75 Å². The number of hydrogen-bond acceptors (Lipinski definition) is 5. The molecule has 0 unspecified atom stereocenters. The Balaban J connectivity index is 2.10. The molecule has 0 aliphatic carbocycles. The highest BCUT2D eigenvalue weighted by molar-refractivity contribution is 6.38. The fourth-order valence-electron chi connectivity index (χ4n) is 1.81. The number of hydrogen-bond donors (Lipinski definition) is 3. The summed E-state index contributed by atoms with van der Waals surface area (Å²) in [6, 6.07) is 8.99. The van der Waals surface area contributed by atoms with Crippen molar-refractivity contribution < 1.29 is 24.5 Å². The van der Waals surface area contributed by atoms with E-state index in [2.05, 4.69) is 10.2 Å². The fraction of sp³-hybridized carbons (Fsp3) is 0.133. The molecule has 3 N–H and O–H groups in total. The molecule has 1 aromatic heterocycles. The highest BCUT2D eigenvalue weighted by Gasteiger charge is 2.12. The molecule has 0 fully saturated rings. The van der Waals surface area contributed by atoms with E-state index in [-0.39, 0.29) is 5.69 Å². The minimum Gasteiger partial charge on any atom is -0.505 e. The highest BCUT2D eigenvalue weighted by atomic mass is 16.5. The van der Waals surface area contributed by atoms with E-state index in [0.29, 0.717) is 18.2 Å². The summed E-state index contributed by atoms with van der Waals surface area (Å²) < 4.78 is 5.07. The zero-order valence-electron chi connectivity index (χ0n) is 11.7. The predicted octanol–water partition coefficient (Wildman–Crippen LogP) is 1.56. The molecule has 1 aromatic carbocycles. The lowest BCUT2D eigenvalue weighted by molar-refractivity contribution is -0.146. The molecule has 0 atom stereocenters. The number of benzene rings is 1. The minimum absolute atomic E-state index is 0.109. The van der Waals surface area contributed by atoms with Gasteiger partial charge in [-0.1, -0.05) is 12.1 Å². The van der Waals surface area contributed by atoms with Gasteiger partial charge in [-0.15, -0.1) is 0 Å². The second kappa shape index (κ2) is 6.57.